The third-order valence-corrected chi connectivity index (χ3v) is 6.03. The smallest absolute Gasteiger partial charge is 0.335 e. The number of hydrogen-bond donors (Lipinski definition) is 2. The largest absolute Gasteiger partial charge is 0.478 e. The van der Waals surface area contributed by atoms with Crippen molar-refractivity contribution in [3.63, 3.8) is 0 Å². The number of aromatic nitrogens is 2. The van der Waals surface area contributed by atoms with Gasteiger partial charge in [-0.15, -0.1) is 0 Å². The summed E-state index contributed by atoms with van der Waals surface area (Å²) in [5, 5.41) is 13.4. The van der Waals surface area contributed by atoms with Gasteiger partial charge in [0.25, 0.3) is 0 Å². The topological polar surface area (TPSA) is 73.6 Å². The standard InChI is InChI=1S/C24H27N5O2S/c1-27(2)14-6-16-29-22(21(26-24(29)32)19-7-3-4-13-25-19)20-8-5-15-28(20)18-11-9-17(10-12-18)23(30)31/h3-5,7-13,15,21-22H,6,14,16H2,1-2H3,(H,26,32)(H,30,31). The first kappa shape index (κ1) is 22.0. The summed E-state index contributed by atoms with van der Waals surface area (Å²) >= 11 is 5.75. The second kappa shape index (κ2) is 9.50. The van der Waals surface area contributed by atoms with Crippen LogP contribution in [0.5, 0.6) is 0 Å². The van der Waals surface area contributed by atoms with Crippen LogP contribution in [0.1, 0.15) is 40.3 Å². The van der Waals surface area contributed by atoms with Gasteiger partial charge in [-0.05, 0) is 87.8 Å². The normalized spacial score (nSPS) is 18.2. The van der Waals surface area contributed by atoms with Gasteiger partial charge in [-0.2, -0.15) is 0 Å². The van der Waals surface area contributed by atoms with Crippen molar-refractivity contribution < 1.29 is 9.90 Å². The molecular weight excluding hydrogens is 422 g/mol. The highest BCUT2D eigenvalue weighted by Gasteiger charge is 2.40. The van der Waals surface area contributed by atoms with Crippen LogP contribution in [0.2, 0.25) is 0 Å². The number of hydrogen-bond acceptors (Lipinski definition) is 4. The Bertz CT molecular complexity index is 1080. The minimum atomic E-state index is -0.933. The van der Waals surface area contributed by atoms with Gasteiger partial charge in [-0.1, -0.05) is 6.07 Å². The third-order valence-electron chi connectivity index (χ3n) is 5.68. The van der Waals surface area contributed by atoms with Crippen molar-refractivity contribution in [3.8, 4) is 5.69 Å². The molecule has 2 aromatic heterocycles. The van der Waals surface area contributed by atoms with E-state index in [4.69, 9.17) is 12.2 Å². The number of carboxylic acids is 1. The molecule has 1 aliphatic rings. The highest BCUT2D eigenvalue weighted by Crippen LogP contribution is 2.39. The Kier molecular flexibility index (Phi) is 6.53. The molecule has 2 atom stereocenters. The summed E-state index contributed by atoms with van der Waals surface area (Å²) < 4.78 is 2.10. The molecular formula is C24H27N5O2S. The molecule has 2 unspecified atom stereocenters. The molecule has 0 saturated carbocycles. The molecule has 0 spiro atoms. The van der Waals surface area contributed by atoms with Gasteiger partial charge in [0.2, 0.25) is 0 Å². The van der Waals surface area contributed by atoms with Crippen LogP contribution >= 0.6 is 12.2 Å². The Balaban J connectivity index is 1.72. The van der Waals surface area contributed by atoms with Gasteiger partial charge in [0, 0.05) is 30.3 Å². The first-order chi connectivity index (χ1) is 15.5. The van der Waals surface area contributed by atoms with Gasteiger partial charge in [0.1, 0.15) is 0 Å². The number of nitrogens with one attached hydrogen (secondary N) is 1. The van der Waals surface area contributed by atoms with Crippen LogP contribution in [0, 0.1) is 0 Å². The summed E-state index contributed by atoms with van der Waals surface area (Å²) in [6, 6.07) is 16.8. The Morgan fingerprint density at radius 1 is 1.16 bits per heavy atom. The van der Waals surface area contributed by atoms with Gasteiger partial charge in [-0.3, -0.25) is 4.98 Å². The predicted octanol–water partition coefficient (Wildman–Crippen LogP) is 3.49. The van der Waals surface area contributed by atoms with E-state index in [0.717, 1.165) is 41.7 Å². The predicted molar refractivity (Wildman–Crippen MR) is 128 cm³/mol. The van der Waals surface area contributed by atoms with E-state index >= 15 is 0 Å². The molecule has 0 aliphatic carbocycles. The molecule has 166 valence electrons. The highest BCUT2D eigenvalue weighted by molar-refractivity contribution is 7.80. The van der Waals surface area contributed by atoms with Crippen LogP contribution in [0.4, 0.5) is 0 Å². The lowest BCUT2D eigenvalue weighted by Gasteiger charge is -2.29. The van der Waals surface area contributed by atoms with E-state index in [1.165, 1.54) is 0 Å². The van der Waals surface area contributed by atoms with E-state index in [1.54, 1.807) is 18.3 Å². The van der Waals surface area contributed by atoms with Gasteiger partial charge in [0.15, 0.2) is 5.11 Å². The van der Waals surface area contributed by atoms with E-state index < -0.39 is 5.97 Å². The van der Waals surface area contributed by atoms with Crippen molar-refractivity contribution in [2.75, 3.05) is 27.2 Å². The highest BCUT2D eigenvalue weighted by atomic mass is 32.1. The zero-order valence-corrected chi connectivity index (χ0v) is 19.0. The fraction of sp³-hybridized carbons (Fsp3) is 0.292. The number of pyridine rings is 1. The average Bonchev–Trinajstić information content (AvgIpc) is 3.39. The van der Waals surface area contributed by atoms with E-state index in [-0.39, 0.29) is 17.6 Å². The van der Waals surface area contributed by atoms with Gasteiger partial charge in [0.05, 0.1) is 23.3 Å². The maximum Gasteiger partial charge on any atom is 0.335 e. The molecule has 2 N–H and O–H groups in total. The lowest BCUT2D eigenvalue weighted by atomic mass is 10.0. The van der Waals surface area contributed by atoms with Crippen LogP contribution in [0.15, 0.2) is 67.0 Å². The van der Waals surface area contributed by atoms with Crippen molar-refractivity contribution >= 4 is 23.3 Å². The summed E-state index contributed by atoms with van der Waals surface area (Å²) in [4.78, 5) is 20.3. The number of nitrogens with zero attached hydrogens (tertiary/aromatic N) is 4. The molecule has 0 amide bonds. The van der Waals surface area contributed by atoms with Crippen LogP contribution in [0.3, 0.4) is 0 Å². The zero-order chi connectivity index (χ0) is 22.7. The molecule has 1 aliphatic heterocycles. The third kappa shape index (κ3) is 4.51. The quantitative estimate of drug-likeness (QED) is 0.510. The summed E-state index contributed by atoms with van der Waals surface area (Å²) in [7, 11) is 4.14. The molecule has 1 aromatic carbocycles. The van der Waals surface area contributed by atoms with Crippen LogP contribution in [0.25, 0.3) is 5.69 Å². The van der Waals surface area contributed by atoms with E-state index in [9.17, 15) is 9.90 Å². The first-order valence-corrected chi connectivity index (χ1v) is 11.0. The fourth-order valence-corrected chi connectivity index (χ4v) is 4.49. The van der Waals surface area contributed by atoms with Crippen molar-refractivity contribution in [3.05, 3.63) is 83.9 Å². The van der Waals surface area contributed by atoms with Crippen molar-refractivity contribution in [2.45, 2.75) is 18.5 Å². The zero-order valence-electron chi connectivity index (χ0n) is 18.2. The molecule has 8 heteroatoms. The second-order valence-electron chi connectivity index (χ2n) is 8.13. The van der Waals surface area contributed by atoms with E-state index in [1.807, 2.05) is 42.6 Å². The maximum atomic E-state index is 11.3. The minimum absolute atomic E-state index is 0.0475. The van der Waals surface area contributed by atoms with Crippen molar-refractivity contribution in [1.82, 2.24) is 24.7 Å². The van der Waals surface area contributed by atoms with Crippen molar-refractivity contribution in [2.24, 2.45) is 0 Å². The number of aromatic carboxylic acids is 1. The molecule has 32 heavy (non-hydrogen) atoms. The Hall–Kier alpha value is -3.23. The number of rotatable bonds is 8. The molecule has 0 bridgehead atoms. The number of carboxylic acid groups (broad SMARTS) is 1. The van der Waals surface area contributed by atoms with Crippen LogP contribution in [-0.4, -0.2) is 62.7 Å². The lowest BCUT2D eigenvalue weighted by molar-refractivity contribution is 0.0697. The number of benzene rings is 1. The SMILES string of the molecule is CN(C)CCCN1C(=S)NC(c2ccccn2)C1c1cccn1-c1ccc(C(=O)O)cc1. The fourth-order valence-electron chi connectivity index (χ4n) is 4.16. The average molecular weight is 450 g/mol. The molecule has 4 rings (SSSR count). The number of carbonyl (C=O) groups is 1. The molecule has 1 saturated heterocycles. The Morgan fingerprint density at radius 3 is 2.59 bits per heavy atom. The second-order valence-corrected chi connectivity index (χ2v) is 8.52. The van der Waals surface area contributed by atoms with Crippen LogP contribution < -0.4 is 5.32 Å². The van der Waals surface area contributed by atoms with E-state index in [0.29, 0.717) is 0 Å². The molecule has 0 radical (unpaired) electrons. The summed E-state index contributed by atoms with van der Waals surface area (Å²) in [6.45, 7) is 1.79. The summed E-state index contributed by atoms with van der Waals surface area (Å²) in [5.41, 5.74) is 3.17. The van der Waals surface area contributed by atoms with Gasteiger partial charge in [-0.25, -0.2) is 4.79 Å². The maximum absolute atomic E-state index is 11.3. The summed E-state index contributed by atoms with van der Waals surface area (Å²) in [6.07, 6.45) is 4.78. The molecule has 3 heterocycles. The molecule has 7 nitrogen and oxygen atoms in total. The van der Waals surface area contributed by atoms with Gasteiger partial charge >= 0.3 is 5.97 Å². The van der Waals surface area contributed by atoms with Gasteiger partial charge < -0.3 is 24.8 Å². The minimum Gasteiger partial charge on any atom is -0.478 e. The number of thiocarbonyl (C=S) groups is 1. The van der Waals surface area contributed by atoms with Crippen molar-refractivity contribution in [1.29, 1.82) is 0 Å². The van der Waals surface area contributed by atoms with Crippen LogP contribution in [-0.2, 0) is 0 Å². The van der Waals surface area contributed by atoms with E-state index in [2.05, 4.69) is 44.8 Å². The Morgan fingerprint density at radius 2 is 1.94 bits per heavy atom. The monoisotopic (exact) mass is 449 g/mol. The Labute approximate surface area is 193 Å². The molecule has 1 fully saturated rings. The lowest BCUT2D eigenvalue weighted by Crippen LogP contribution is -2.33. The first-order valence-electron chi connectivity index (χ1n) is 10.6. The summed E-state index contributed by atoms with van der Waals surface area (Å²) in [5.74, 6) is -0.933. The molecule has 3 aromatic rings.